The van der Waals surface area contributed by atoms with Crippen LogP contribution in [0.2, 0.25) is 0 Å². The number of rotatable bonds is 2. The summed E-state index contributed by atoms with van der Waals surface area (Å²) in [7, 11) is 1.66. The zero-order chi connectivity index (χ0) is 14.2. The van der Waals surface area contributed by atoms with E-state index in [1.165, 1.54) is 4.57 Å². The number of piperidine rings is 1. The minimum absolute atomic E-state index is 0.122. The second-order valence-corrected chi connectivity index (χ2v) is 5.77. The molecule has 0 saturated carbocycles. The Labute approximate surface area is 114 Å². The van der Waals surface area contributed by atoms with Gasteiger partial charge >= 0.3 is 4.87 Å². The minimum atomic E-state index is -0.298. The second kappa shape index (κ2) is 5.16. The number of nitrogens with zero attached hydrogens (tertiary/aromatic N) is 2. The molecule has 0 aliphatic carbocycles. The fourth-order valence-electron chi connectivity index (χ4n) is 2.23. The summed E-state index contributed by atoms with van der Waals surface area (Å²) < 4.78 is 1.48. The molecule has 0 atom stereocenters. The van der Waals surface area contributed by atoms with Gasteiger partial charge in [0.25, 0.3) is 5.91 Å². The third-order valence-electron chi connectivity index (χ3n) is 3.67. The SMILES string of the molecule is Cc1c(C(=O)N2CCC(C(N)=O)CC2)sc(=O)n1C. The molecule has 2 rings (SSSR count). The summed E-state index contributed by atoms with van der Waals surface area (Å²) in [5.74, 6) is -0.560. The Morgan fingerprint density at radius 2 is 1.89 bits per heavy atom. The number of carbonyl (C=O) groups excluding carboxylic acids is 2. The third-order valence-corrected chi connectivity index (χ3v) is 4.80. The lowest BCUT2D eigenvalue weighted by molar-refractivity contribution is -0.123. The van der Waals surface area contributed by atoms with E-state index in [0.29, 0.717) is 36.5 Å². The summed E-state index contributed by atoms with van der Waals surface area (Å²) in [6, 6.07) is 0. The molecule has 2 amide bonds. The molecule has 1 aliphatic rings. The maximum absolute atomic E-state index is 12.3. The van der Waals surface area contributed by atoms with Gasteiger partial charge in [-0.05, 0) is 19.8 Å². The summed E-state index contributed by atoms with van der Waals surface area (Å²) in [4.78, 5) is 37.0. The number of hydrogen-bond donors (Lipinski definition) is 1. The molecule has 0 unspecified atom stereocenters. The molecular formula is C12H17N3O3S. The van der Waals surface area contributed by atoms with Crippen LogP contribution in [0.4, 0.5) is 0 Å². The van der Waals surface area contributed by atoms with Crippen molar-refractivity contribution in [3.05, 3.63) is 20.2 Å². The van der Waals surface area contributed by atoms with Crippen molar-refractivity contribution in [1.82, 2.24) is 9.47 Å². The molecular weight excluding hydrogens is 266 g/mol. The fourth-order valence-corrected chi connectivity index (χ4v) is 3.18. The summed E-state index contributed by atoms with van der Waals surface area (Å²) in [5, 5.41) is 0. The lowest BCUT2D eigenvalue weighted by atomic mass is 9.96. The van der Waals surface area contributed by atoms with Crippen LogP contribution in [0.25, 0.3) is 0 Å². The molecule has 1 aromatic heterocycles. The van der Waals surface area contributed by atoms with Crippen molar-refractivity contribution in [2.45, 2.75) is 19.8 Å². The Bertz CT molecular complexity index is 567. The Morgan fingerprint density at radius 1 is 1.32 bits per heavy atom. The van der Waals surface area contributed by atoms with Gasteiger partial charge in [-0.25, -0.2) is 0 Å². The van der Waals surface area contributed by atoms with Crippen LogP contribution in [0.5, 0.6) is 0 Å². The van der Waals surface area contributed by atoms with Crippen LogP contribution in [0.15, 0.2) is 4.79 Å². The molecule has 0 aromatic carbocycles. The van der Waals surface area contributed by atoms with E-state index in [2.05, 4.69) is 0 Å². The van der Waals surface area contributed by atoms with Crippen molar-refractivity contribution in [2.75, 3.05) is 13.1 Å². The lowest BCUT2D eigenvalue weighted by Gasteiger charge is -2.30. The van der Waals surface area contributed by atoms with E-state index < -0.39 is 0 Å². The number of hydrogen-bond acceptors (Lipinski definition) is 4. The van der Waals surface area contributed by atoms with Crippen LogP contribution >= 0.6 is 11.3 Å². The summed E-state index contributed by atoms with van der Waals surface area (Å²) >= 11 is 0.974. The van der Waals surface area contributed by atoms with Crippen LogP contribution in [0.3, 0.4) is 0 Å². The average Bonchev–Trinajstić information content (AvgIpc) is 2.66. The molecule has 1 aliphatic heterocycles. The highest BCUT2D eigenvalue weighted by Gasteiger charge is 2.28. The van der Waals surface area contributed by atoms with Gasteiger partial charge in [0.15, 0.2) is 0 Å². The van der Waals surface area contributed by atoms with Crippen LogP contribution in [0.1, 0.15) is 28.2 Å². The highest BCUT2D eigenvalue weighted by atomic mass is 32.1. The van der Waals surface area contributed by atoms with Crippen molar-refractivity contribution in [3.63, 3.8) is 0 Å². The molecule has 104 valence electrons. The Hall–Kier alpha value is -1.63. The van der Waals surface area contributed by atoms with Gasteiger partial charge < -0.3 is 15.2 Å². The van der Waals surface area contributed by atoms with E-state index in [4.69, 9.17) is 5.73 Å². The predicted octanol–water partition coefficient (Wildman–Crippen LogP) is 0.0927. The first-order chi connectivity index (χ1) is 8.91. The molecule has 6 nitrogen and oxygen atoms in total. The van der Waals surface area contributed by atoms with Gasteiger partial charge in [-0.2, -0.15) is 0 Å². The van der Waals surface area contributed by atoms with Crippen LogP contribution in [0, 0.1) is 12.8 Å². The molecule has 0 radical (unpaired) electrons. The third kappa shape index (κ3) is 2.56. The van der Waals surface area contributed by atoms with E-state index in [9.17, 15) is 14.4 Å². The average molecular weight is 283 g/mol. The first-order valence-electron chi connectivity index (χ1n) is 6.16. The molecule has 2 N–H and O–H groups in total. The van der Waals surface area contributed by atoms with Crippen LogP contribution in [-0.2, 0) is 11.8 Å². The molecule has 1 aromatic rings. The van der Waals surface area contributed by atoms with Gasteiger partial charge in [-0.3, -0.25) is 14.4 Å². The van der Waals surface area contributed by atoms with Crippen LogP contribution < -0.4 is 10.6 Å². The molecule has 1 fully saturated rings. The van der Waals surface area contributed by atoms with Crippen LogP contribution in [-0.4, -0.2) is 34.4 Å². The van der Waals surface area contributed by atoms with Crippen molar-refractivity contribution in [1.29, 1.82) is 0 Å². The predicted molar refractivity (Wildman–Crippen MR) is 72.1 cm³/mol. The molecule has 19 heavy (non-hydrogen) atoms. The summed E-state index contributed by atoms with van der Waals surface area (Å²) in [6.45, 7) is 2.80. The number of amides is 2. The van der Waals surface area contributed by atoms with E-state index in [1.807, 2.05) is 0 Å². The second-order valence-electron chi connectivity index (χ2n) is 4.81. The molecule has 0 spiro atoms. The zero-order valence-corrected chi connectivity index (χ0v) is 11.8. The van der Waals surface area contributed by atoms with Gasteiger partial charge in [0.2, 0.25) is 5.91 Å². The van der Waals surface area contributed by atoms with E-state index in [0.717, 1.165) is 11.3 Å². The zero-order valence-electron chi connectivity index (χ0n) is 11.0. The Balaban J connectivity index is 2.11. The number of carbonyl (C=O) groups is 2. The van der Waals surface area contributed by atoms with E-state index in [-0.39, 0.29) is 22.6 Å². The molecule has 0 bridgehead atoms. The van der Waals surface area contributed by atoms with E-state index in [1.54, 1.807) is 18.9 Å². The molecule has 2 heterocycles. The van der Waals surface area contributed by atoms with Crippen molar-refractivity contribution >= 4 is 23.2 Å². The van der Waals surface area contributed by atoms with Gasteiger partial charge in [0.1, 0.15) is 4.88 Å². The van der Waals surface area contributed by atoms with Crippen molar-refractivity contribution in [2.24, 2.45) is 18.7 Å². The highest BCUT2D eigenvalue weighted by Crippen LogP contribution is 2.21. The van der Waals surface area contributed by atoms with Crippen molar-refractivity contribution < 1.29 is 9.59 Å². The first-order valence-corrected chi connectivity index (χ1v) is 6.98. The lowest BCUT2D eigenvalue weighted by Crippen LogP contribution is -2.41. The molecule has 7 heteroatoms. The number of likely N-dealkylation sites (tertiary alicyclic amines) is 1. The fraction of sp³-hybridized carbons (Fsp3) is 0.583. The largest absolute Gasteiger partial charge is 0.369 e. The van der Waals surface area contributed by atoms with Crippen molar-refractivity contribution in [3.8, 4) is 0 Å². The van der Waals surface area contributed by atoms with Gasteiger partial charge in [-0.15, -0.1) is 0 Å². The minimum Gasteiger partial charge on any atom is -0.369 e. The maximum Gasteiger partial charge on any atom is 0.307 e. The monoisotopic (exact) mass is 283 g/mol. The van der Waals surface area contributed by atoms with Gasteiger partial charge in [0, 0.05) is 31.7 Å². The Kier molecular flexibility index (Phi) is 3.75. The first kappa shape index (κ1) is 13.8. The number of thiazole rings is 1. The Morgan fingerprint density at radius 3 is 2.32 bits per heavy atom. The summed E-state index contributed by atoms with van der Waals surface area (Å²) in [6.07, 6.45) is 1.20. The summed E-state index contributed by atoms with van der Waals surface area (Å²) in [5.41, 5.74) is 5.95. The number of aromatic nitrogens is 1. The number of nitrogens with two attached hydrogens (primary N) is 1. The maximum atomic E-state index is 12.3. The van der Waals surface area contributed by atoms with E-state index >= 15 is 0 Å². The highest BCUT2D eigenvalue weighted by molar-refractivity contribution is 7.11. The topological polar surface area (TPSA) is 85.4 Å². The quantitative estimate of drug-likeness (QED) is 0.835. The number of primary amides is 1. The normalized spacial score (nSPS) is 16.6. The smallest absolute Gasteiger partial charge is 0.307 e. The van der Waals surface area contributed by atoms with Gasteiger partial charge in [0.05, 0.1) is 0 Å². The standard InChI is InChI=1S/C12H17N3O3S/c1-7-9(19-12(18)14(7)2)11(17)15-5-3-8(4-6-15)10(13)16/h8H,3-6H2,1-2H3,(H2,13,16). The van der Waals surface area contributed by atoms with Gasteiger partial charge in [-0.1, -0.05) is 11.3 Å². The molecule has 1 saturated heterocycles.